The Labute approximate surface area is 167 Å². The van der Waals surface area contributed by atoms with Gasteiger partial charge in [-0.2, -0.15) is 0 Å². The van der Waals surface area contributed by atoms with Crippen LogP contribution in [0.25, 0.3) is 11.3 Å². The Morgan fingerprint density at radius 3 is 2.32 bits per heavy atom. The topological polar surface area (TPSA) is 76.1 Å². The Balaban J connectivity index is 1.75. The molecule has 0 aliphatic carbocycles. The van der Waals surface area contributed by atoms with Gasteiger partial charge in [0.1, 0.15) is 11.6 Å². The fourth-order valence-corrected chi connectivity index (χ4v) is 4.94. The average Bonchev–Trinajstić information content (AvgIpc) is 3.01. The van der Waals surface area contributed by atoms with Crippen LogP contribution in [0, 0.1) is 26.6 Å². The third kappa shape index (κ3) is 4.45. The van der Waals surface area contributed by atoms with Crippen molar-refractivity contribution in [3.8, 4) is 11.3 Å². The first-order chi connectivity index (χ1) is 13.2. The zero-order valence-electron chi connectivity index (χ0n) is 15.6. The van der Waals surface area contributed by atoms with Crippen LogP contribution in [-0.4, -0.2) is 25.1 Å². The molecule has 0 fully saturated rings. The predicted octanol–water partition coefficient (Wildman–Crippen LogP) is 4.29. The molecule has 3 aromatic rings. The van der Waals surface area contributed by atoms with E-state index in [1.54, 1.807) is 0 Å². The summed E-state index contributed by atoms with van der Waals surface area (Å²) in [6.45, 7) is 6.03. The van der Waals surface area contributed by atoms with Gasteiger partial charge in [-0.05, 0) is 56.2 Å². The Kier molecular flexibility index (Phi) is 5.62. The molecule has 2 aromatic carbocycles. The number of nitrogens with zero attached hydrogens (tertiary/aromatic N) is 1. The predicted molar refractivity (Wildman–Crippen MR) is 109 cm³/mol. The number of rotatable bonds is 5. The molecule has 146 valence electrons. The molecule has 1 amide bonds. The lowest BCUT2D eigenvalue weighted by Crippen LogP contribution is -2.23. The van der Waals surface area contributed by atoms with Gasteiger partial charge in [0.2, 0.25) is 5.91 Å². The number of carbonyl (C=O) groups excluding carboxylic acids is 1. The van der Waals surface area contributed by atoms with E-state index in [9.17, 15) is 17.6 Å². The number of nitrogens with one attached hydrogen (secondary N) is 1. The van der Waals surface area contributed by atoms with E-state index in [1.165, 1.54) is 11.3 Å². The number of aryl methyl sites for hydroxylation is 3. The molecular formula is C20H19FN2O3S2. The Morgan fingerprint density at radius 2 is 1.71 bits per heavy atom. The zero-order valence-corrected chi connectivity index (χ0v) is 17.2. The number of anilines is 1. The van der Waals surface area contributed by atoms with Gasteiger partial charge < -0.3 is 5.32 Å². The second-order valence-electron chi connectivity index (χ2n) is 6.57. The summed E-state index contributed by atoms with van der Waals surface area (Å²) in [6.07, 6.45) is 0. The van der Waals surface area contributed by atoms with Crippen LogP contribution in [-0.2, 0) is 14.6 Å². The quantitative estimate of drug-likeness (QED) is 0.627. The fraction of sp³-hybridized carbons (Fsp3) is 0.200. The number of hydrogen-bond donors (Lipinski definition) is 1. The molecule has 0 spiro atoms. The molecule has 0 aliphatic rings. The van der Waals surface area contributed by atoms with E-state index in [1.807, 2.05) is 26.2 Å². The maximum atomic E-state index is 13.0. The lowest BCUT2D eigenvalue weighted by atomic mass is 9.98. The molecule has 1 N–H and O–H groups in total. The summed E-state index contributed by atoms with van der Waals surface area (Å²) < 4.78 is 37.5. The van der Waals surface area contributed by atoms with E-state index in [-0.39, 0.29) is 4.90 Å². The number of hydrogen-bond acceptors (Lipinski definition) is 5. The Bertz CT molecular complexity index is 1110. The Hall–Kier alpha value is -2.58. The average molecular weight is 419 g/mol. The standard InChI is InChI=1S/C20H19FN2O3S2/c1-12-8-13(2)19(14(3)9-12)17-10-27-20(22-17)23-18(24)11-28(25,26)16-6-4-15(21)5-7-16/h4-10H,11H2,1-3H3,(H,22,23,24). The van der Waals surface area contributed by atoms with Crippen LogP contribution in [0.3, 0.4) is 0 Å². The van der Waals surface area contributed by atoms with Crippen LogP contribution >= 0.6 is 11.3 Å². The maximum Gasteiger partial charge on any atom is 0.241 e. The largest absolute Gasteiger partial charge is 0.301 e. The third-order valence-electron chi connectivity index (χ3n) is 4.18. The van der Waals surface area contributed by atoms with Crippen molar-refractivity contribution in [2.24, 2.45) is 0 Å². The molecule has 0 atom stereocenters. The first-order valence-corrected chi connectivity index (χ1v) is 11.0. The van der Waals surface area contributed by atoms with Gasteiger partial charge in [0, 0.05) is 10.9 Å². The summed E-state index contributed by atoms with van der Waals surface area (Å²) in [4.78, 5) is 16.5. The number of benzene rings is 2. The smallest absolute Gasteiger partial charge is 0.241 e. The molecule has 28 heavy (non-hydrogen) atoms. The minimum absolute atomic E-state index is 0.102. The number of sulfone groups is 1. The van der Waals surface area contributed by atoms with Crippen molar-refractivity contribution < 1.29 is 17.6 Å². The summed E-state index contributed by atoms with van der Waals surface area (Å²) in [5.74, 6) is -1.97. The number of carbonyl (C=O) groups is 1. The van der Waals surface area contributed by atoms with Crippen molar-refractivity contribution in [1.29, 1.82) is 0 Å². The summed E-state index contributed by atoms with van der Waals surface area (Å²) in [6, 6.07) is 8.50. The molecule has 0 bridgehead atoms. The van der Waals surface area contributed by atoms with Crippen LogP contribution in [0.2, 0.25) is 0 Å². The second kappa shape index (κ2) is 7.81. The van der Waals surface area contributed by atoms with Crippen LogP contribution in [0.4, 0.5) is 9.52 Å². The summed E-state index contributed by atoms with van der Waals surface area (Å²) in [5, 5.41) is 4.69. The Morgan fingerprint density at radius 1 is 1.11 bits per heavy atom. The highest BCUT2D eigenvalue weighted by Crippen LogP contribution is 2.31. The van der Waals surface area contributed by atoms with Crippen molar-refractivity contribution in [3.05, 3.63) is 64.3 Å². The fourth-order valence-electron chi connectivity index (χ4n) is 3.08. The molecule has 0 saturated carbocycles. The van der Waals surface area contributed by atoms with E-state index >= 15 is 0 Å². The second-order valence-corrected chi connectivity index (χ2v) is 9.42. The van der Waals surface area contributed by atoms with E-state index < -0.39 is 27.3 Å². The van der Waals surface area contributed by atoms with Crippen LogP contribution in [0.1, 0.15) is 16.7 Å². The number of amides is 1. The van der Waals surface area contributed by atoms with Crippen LogP contribution in [0.5, 0.6) is 0 Å². The van der Waals surface area contributed by atoms with Crippen LogP contribution in [0.15, 0.2) is 46.7 Å². The van der Waals surface area contributed by atoms with Gasteiger partial charge in [0.05, 0.1) is 10.6 Å². The highest BCUT2D eigenvalue weighted by Gasteiger charge is 2.20. The van der Waals surface area contributed by atoms with E-state index in [2.05, 4.69) is 22.4 Å². The molecule has 0 saturated heterocycles. The highest BCUT2D eigenvalue weighted by atomic mass is 32.2. The van der Waals surface area contributed by atoms with Gasteiger partial charge in [-0.25, -0.2) is 17.8 Å². The molecule has 3 rings (SSSR count). The molecule has 1 aromatic heterocycles. The summed E-state index contributed by atoms with van der Waals surface area (Å²) in [7, 11) is -3.86. The van der Waals surface area contributed by atoms with Crippen molar-refractivity contribution in [1.82, 2.24) is 4.98 Å². The monoisotopic (exact) mass is 418 g/mol. The SMILES string of the molecule is Cc1cc(C)c(-c2csc(NC(=O)CS(=O)(=O)c3ccc(F)cc3)n2)c(C)c1. The normalized spacial score (nSPS) is 11.4. The third-order valence-corrected chi connectivity index (χ3v) is 6.57. The molecule has 0 aliphatic heterocycles. The first-order valence-electron chi connectivity index (χ1n) is 8.47. The summed E-state index contributed by atoms with van der Waals surface area (Å²) in [5.41, 5.74) is 5.06. The minimum Gasteiger partial charge on any atom is -0.301 e. The van der Waals surface area contributed by atoms with Gasteiger partial charge in [-0.15, -0.1) is 11.3 Å². The van der Waals surface area contributed by atoms with Crippen LogP contribution < -0.4 is 5.32 Å². The maximum absolute atomic E-state index is 13.0. The van der Waals surface area contributed by atoms with Gasteiger partial charge in [0.25, 0.3) is 0 Å². The molecule has 5 nitrogen and oxygen atoms in total. The van der Waals surface area contributed by atoms with Crippen molar-refractivity contribution >= 4 is 32.2 Å². The molecule has 1 heterocycles. The molecule has 8 heteroatoms. The highest BCUT2D eigenvalue weighted by molar-refractivity contribution is 7.92. The lowest BCUT2D eigenvalue weighted by Gasteiger charge is -2.08. The molecule has 0 radical (unpaired) electrons. The zero-order chi connectivity index (χ0) is 20.5. The number of aromatic nitrogens is 1. The van der Waals surface area contributed by atoms with Crippen molar-refractivity contribution in [2.75, 3.05) is 11.1 Å². The number of halogens is 1. The summed E-state index contributed by atoms with van der Waals surface area (Å²) >= 11 is 1.23. The van der Waals surface area contributed by atoms with E-state index in [0.717, 1.165) is 52.2 Å². The van der Waals surface area contributed by atoms with Gasteiger partial charge in [-0.3, -0.25) is 4.79 Å². The van der Waals surface area contributed by atoms with Crippen molar-refractivity contribution in [2.45, 2.75) is 25.7 Å². The van der Waals surface area contributed by atoms with E-state index in [0.29, 0.717) is 5.13 Å². The van der Waals surface area contributed by atoms with Gasteiger partial charge >= 0.3 is 0 Å². The van der Waals surface area contributed by atoms with E-state index in [4.69, 9.17) is 0 Å². The molecular weight excluding hydrogens is 399 g/mol. The van der Waals surface area contributed by atoms with Crippen molar-refractivity contribution in [3.63, 3.8) is 0 Å². The molecule has 0 unspecified atom stereocenters. The number of thiazole rings is 1. The lowest BCUT2D eigenvalue weighted by molar-refractivity contribution is -0.113. The first kappa shape index (κ1) is 20.2. The minimum atomic E-state index is -3.86. The van der Waals surface area contributed by atoms with Gasteiger partial charge in [0.15, 0.2) is 15.0 Å². The van der Waals surface area contributed by atoms with Gasteiger partial charge in [-0.1, -0.05) is 17.7 Å².